The Labute approximate surface area is 85.8 Å². The van der Waals surface area contributed by atoms with E-state index in [2.05, 4.69) is 5.16 Å². The van der Waals surface area contributed by atoms with Gasteiger partial charge in [-0.1, -0.05) is 11.2 Å². The number of halogens is 1. The van der Waals surface area contributed by atoms with Crippen LogP contribution in [-0.4, -0.2) is 16.8 Å². The van der Waals surface area contributed by atoms with E-state index in [1.165, 1.54) is 23.9 Å². The fourth-order valence-electron chi connectivity index (χ4n) is 0.880. The molecular weight excluding hydrogens is 203 g/mol. The number of rotatable bonds is 4. The molecule has 1 aromatic carbocycles. The SMILES string of the molecule is NC(CCSc1cccc(F)c1)=NO. The van der Waals surface area contributed by atoms with Crippen molar-refractivity contribution in [3.05, 3.63) is 30.1 Å². The van der Waals surface area contributed by atoms with Crippen molar-refractivity contribution in [3.63, 3.8) is 0 Å². The number of benzene rings is 1. The van der Waals surface area contributed by atoms with Crippen molar-refractivity contribution >= 4 is 17.6 Å². The van der Waals surface area contributed by atoms with Gasteiger partial charge in [0.25, 0.3) is 0 Å². The first kappa shape index (κ1) is 10.8. The topological polar surface area (TPSA) is 58.6 Å². The van der Waals surface area contributed by atoms with E-state index in [4.69, 9.17) is 10.9 Å². The van der Waals surface area contributed by atoms with Crippen molar-refractivity contribution in [1.82, 2.24) is 0 Å². The molecule has 0 radical (unpaired) electrons. The predicted molar refractivity (Wildman–Crippen MR) is 55.1 cm³/mol. The number of oxime groups is 1. The van der Waals surface area contributed by atoms with Gasteiger partial charge in [-0.3, -0.25) is 0 Å². The Bertz CT molecular complexity index is 330. The average Bonchev–Trinajstić information content (AvgIpc) is 2.17. The number of amidine groups is 1. The molecule has 0 saturated carbocycles. The van der Waals surface area contributed by atoms with E-state index in [-0.39, 0.29) is 11.7 Å². The third-order valence-electron chi connectivity index (χ3n) is 1.55. The van der Waals surface area contributed by atoms with Gasteiger partial charge in [0.05, 0.1) is 0 Å². The van der Waals surface area contributed by atoms with Crippen molar-refractivity contribution in [2.24, 2.45) is 10.9 Å². The summed E-state index contributed by atoms with van der Waals surface area (Å²) in [7, 11) is 0. The highest BCUT2D eigenvalue weighted by Crippen LogP contribution is 2.19. The van der Waals surface area contributed by atoms with Gasteiger partial charge in [0.15, 0.2) is 0 Å². The molecule has 3 N–H and O–H groups in total. The van der Waals surface area contributed by atoms with Crippen molar-refractivity contribution in [3.8, 4) is 0 Å². The van der Waals surface area contributed by atoms with Crippen LogP contribution >= 0.6 is 11.8 Å². The van der Waals surface area contributed by atoms with Gasteiger partial charge in [-0.2, -0.15) is 0 Å². The molecule has 0 bridgehead atoms. The second-order valence-electron chi connectivity index (χ2n) is 2.65. The highest BCUT2D eigenvalue weighted by Gasteiger charge is 1.97. The molecule has 0 amide bonds. The summed E-state index contributed by atoms with van der Waals surface area (Å²) in [5.41, 5.74) is 5.28. The van der Waals surface area contributed by atoms with Crippen molar-refractivity contribution < 1.29 is 9.60 Å². The summed E-state index contributed by atoms with van der Waals surface area (Å²) in [5.74, 6) is 0.604. The molecule has 0 saturated heterocycles. The summed E-state index contributed by atoms with van der Waals surface area (Å²) in [4.78, 5) is 0.843. The maximum absolute atomic E-state index is 12.7. The normalized spacial score (nSPS) is 11.6. The van der Waals surface area contributed by atoms with E-state index in [1.54, 1.807) is 6.07 Å². The van der Waals surface area contributed by atoms with E-state index >= 15 is 0 Å². The van der Waals surface area contributed by atoms with Gasteiger partial charge in [-0.05, 0) is 18.2 Å². The first-order valence-electron chi connectivity index (χ1n) is 4.07. The van der Waals surface area contributed by atoms with Crippen LogP contribution in [-0.2, 0) is 0 Å². The number of hydrogen-bond acceptors (Lipinski definition) is 3. The molecule has 1 rings (SSSR count). The van der Waals surface area contributed by atoms with E-state index in [9.17, 15) is 4.39 Å². The zero-order valence-electron chi connectivity index (χ0n) is 7.48. The number of thioether (sulfide) groups is 1. The van der Waals surface area contributed by atoms with Crippen LogP contribution in [0.5, 0.6) is 0 Å². The maximum Gasteiger partial charge on any atom is 0.139 e. The maximum atomic E-state index is 12.7. The number of nitrogens with zero attached hydrogens (tertiary/aromatic N) is 1. The van der Waals surface area contributed by atoms with Crippen LogP contribution in [0.25, 0.3) is 0 Å². The third kappa shape index (κ3) is 3.66. The summed E-state index contributed by atoms with van der Waals surface area (Å²) in [6, 6.07) is 6.33. The van der Waals surface area contributed by atoms with Crippen molar-refractivity contribution in [2.75, 3.05) is 5.75 Å². The molecular formula is C9H11FN2OS. The van der Waals surface area contributed by atoms with Crippen LogP contribution in [0, 0.1) is 5.82 Å². The number of nitrogens with two attached hydrogens (primary N) is 1. The van der Waals surface area contributed by atoms with E-state index in [1.807, 2.05) is 6.07 Å². The van der Waals surface area contributed by atoms with Gasteiger partial charge in [0.2, 0.25) is 0 Å². The predicted octanol–water partition coefficient (Wildman–Crippen LogP) is 2.05. The van der Waals surface area contributed by atoms with E-state index < -0.39 is 0 Å². The second kappa shape index (κ2) is 5.49. The Morgan fingerprint density at radius 2 is 2.36 bits per heavy atom. The van der Waals surface area contributed by atoms with E-state index in [0.29, 0.717) is 12.2 Å². The van der Waals surface area contributed by atoms with Gasteiger partial charge >= 0.3 is 0 Å². The first-order chi connectivity index (χ1) is 6.72. The Kier molecular flexibility index (Phi) is 4.25. The Morgan fingerprint density at radius 3 is 3.00 bits per heavy atom. The van der Waals surface area contributed by atoms with Crippen molar-refractivity contribution in [2.45, 2.75) is 11.3 Å². The minimum absolute atomic E-state index is 0.189. The fraction of sp³-hybridized carbons (Fsp3) is 0.222. The molecule has 0 aromatic heterocycles. The van der Waals surface area contributed by atoms with Crippen molar-refractivity contribution in [1.29, 1.82) is 0 Å². The quantitative estimate of drug-likeness (QED) is 0.265. The molecule has 3 nitrogen and oxygen atoms in total. The Balaban J connectivity index is 2.39. The molecule has 0 spiro atoms. The molecule has 0 unspecified atom stereocenters. The Hall–Kier alpha value is -1.23. The van der Waals surface area contributed by atoms with E-state index in [0.717, 1.165) is 4.90 Å². The summed E-state index contributed by atoms with van der Waals surface area (Å²) in [5, 5.41) is 11.1. The summed E-state index contributed by atoms with van der Waals surface area (Å²) < 4.78 is 12.7. The molecule has 5 heteroatoms. The van der Waals surface area contributed by atoms with Gasteiger partial charge in [-0.15, -0.1) is 11.8 Å². The van der Waals surface area contributed by atoms with Gasteiger partial charge in [0, 0.05) is 17.1 Å². The summed E-state index contributed by atoms with van der Waals surface area (Å²) in [6.07, 6.45) is 0.484. The Morgan fingerprint density at radius 1 is 1.57 bits per heavy atom. The lowest BCUT2D eigenvalue weighted by Gasteiger charge is -2.00. The molecule has 14 heavy (non-hydrogen) atoms. The molecule has 0 aliphatic heterocycles. The van der Waals surface area contributed by atoms with Crippen LogP contribution in [0.3, 0.4) is 0 Å². The zero-order chi connectivity index (χ0) is 10.4. The lowest BCUT2D eigenvalue weighted by Crippen LogP contribution is -2.11. The van der Waals surface area contributed by atoms with Crippen LogP contribution in [0.4, 0.5) is 4.39 Å². The first-order valence-corrected chi connectivity index (χ1v) is 5.05. The molecule has 0 heterocycles. The largest absolute Gasteiger partial charge is 0.409 e. The molecule has 0 fully saturated rings. The number of hydrogen-bond donors (Lipinski definition) is 2. The molecule has 0 aliphatic rings. The van der Waals surface area contributed by atoms with Crippen LogP contribution in [0.1, 0.15) is 6.42 Å². The van der Waals surface area contributed by atoms with Gasteiger partial charge in [0.1, 0.15) is 11.7 Å². The molecule has 76 valence electrons. The highest BCUT2D eigenvalue weighted by molar-refractivity contribution is 7.99. The summed E-state index contributed by atoms with van der Waals surface area (Å²) >= 11 is 1.47. The molecule has 1 aromatic rings. The third-order valence-corrected chi connectivity index (χ3v) is 2.55. The zero-order valence-corrected chi connectivity index (χ0v) is 8.30. The minimum atomic E-state index is -0.251. The van der Waals surface area contributed by atoms with Crippen LogP contribution in [0.2, 0.25) is 0 Å². The second-order valence-corrected chi connectivity index (χ2v) is 3.82. The summed E-state index contributed by atoms with van der Waals surface area (Å²) in [6.45, 7) is 0. The standard InChI is InChI=1S/C9H11FN2OS/c10-7-2-1-3-8(6-7)14-5-4-9(11)12-13/h1-3,6,13H,4-5H2,(H2,11,12). The van der Waals surface area contributed by atoms with Crippen LogP contribution in [0.15, 0.2) is 34.3 Å². The minimum Gasteiger partial charge on any atom is -0.409 e. The lowest BCUT2D eigenvalue weighted by atomic mass is 10.4. The van der Waals surface area contributed by atoms with Gasteiger partial charge < -0.3 is 10.9 Å². The fourth-order valence-corrected chi connectivity index (χ4v) is 1.80. The molecule has 0 aliphatic carbocycles. The average molecular weight is 214 g/mol. The highest BCUT2D eigenvalue weighted by atomic mass is 32.2. The van der Waals surface area contributed by atoms with Crippen LogP contribution < -0.4 is 5.73 Å². The molecule has 0 atom stereocenters. The lowest BCUT2D eigenvalue weighted by molar-refractivity contribution is 0.317. The smallest absolute Gasteiger partial charge is 0.139 e. The monoisotopic (exact) mass is 214 g/mol. The van der Waals surface area contributed by atoms with Gasteiger partial charge in [-0.25, -0.2) is 4.39 Å².